The molecule has 7 heteroatoms. The molecule has 0 bridgehead atoms. The van der Waals surface area contributed by atoms with Gasteiger partial charge < -0.3 is 8.23 Å². The van der Waals surface area contributed by atoms with Crippen LogP contribution in [0.4, 0.5) is 0 Å². The van der Waals surface area contributed by atoms with Gasteiger partial charge in [0.1, 0.15) is 0 Å². The number of hydrogen-bond acceptors (Lipinski definition) is 3. The molecule has 0 atom stereocenters. The van der Waals surface area contributed by atoms with Crippen LogP contribution in [-0.2, 0) is 26.2 Å². The summed E-state index contributed by atoms with van der Waals surface area (Å²) in [5.74, 6) is 0. The molecule has 0 amide bonds. The zero-order valence-corrected chi connectivity index (χ0v) is 24.0. The van der Waals surface area contributed by atoms with E-state index < -0.39 is 25.9 Å². The standard InChI is InChI=1S/C22H27O2Si3.S.W/c1-25(20-14-8-5-9-15-20)23-26(2,3)24-27(4,21-16-10-6-11-17-21)22-18-12-7-13-19-22;;/h5-19H,1-4H3;;. The van der Waals surface area contributed by atoms with Crippen LogP contribution in [-0.4, -0.2) is 25.9 Å². The van der Waals surface area contributed by atoms with Crippen LogP contribution >= 0.6 is 9.82 Å². The van der Waals surface area contributed by atoms with Gasteiger partial charge in [0.25, 0.3) is 0 Å². The van der Waals surface area contributed by atoms with Gasteiger partial charge in [-0.2, -0.15) is 0 Å². The van der Waals surface area contributed by atoms with E-state index in [0.29, 0.717) is 0 Å². The Morgan fingerprint density at radius 3 is 1.48 bits per heavy atom. The molecule has 3 aromatic rings. The molecule has 0 aromatic heterocycles. The average molecular weight is 624 g/mol. The Kier molecular flexibility index (Phi) is 9.69. The molecule has 0 saturated carbocycles. The fourth-order valence-corrected chi connectivity index (χ4v) is 14.9. The van der Waals surface area contributed by atoms with Gasteiger partial charge in [-0.15, -0.1) is 0 Å². The van der Waals surface area contributed by atoms with Crippen molar-refractivity contribution in [3.8, 4) is 0 Å². The minimum atomic E-state index is -2.35. The zero-order valence-electron chi connectivity index (χ0n) is 17.3. The molecule has 0 heterocycles. The molecule has 1 radical (unpaired) electrons. The normalized spacial score (nSPS) is 11.6. The summed E-state index contributed by atoms with van der Waals surface area (Å²) in [6, 6.07) is 31.8. The van der Waals surface area contributed by atoms with Gasteiger partial charge in [0.2, 0.25) is 17.4 Å². The second-order valence-electron chi connectivity index (χ2n) is 7.29. The first-order chi connectivity index (χ1) is 13.9. The van der Waals surface area contributed by atoms with Gasteiger partial charge in [0.05, 0.1) is 0 Å². The van der Waals surface area contributed by atoms with Gasteiger partial charge in [-0.05, 0) is 41.7 Å². The van der Waals surface area contributed by atoms with Crippen molar-refractivity contribution in [3.63, 3.8) is 0 Å². The second kappa shape index (κ2) is 11.5. The van der Waals surface area contributed by atoms with Crippen LogP contribution in [0.3, 0.4) is 0 Å². The van der Waals surface area contributed by atoms with Crippen LogP contribution in [0.15, 0.2) is 91.0 Å². The summed E-state index contributed by atoms with van der Waals surface area (Å²) in [4.78, 5) is 0. The average Bonchev–Trinajstić information content (AvgIpc) is 2.76. The van der Waals surface area contributed by atoms with E-state index in [0.717, 1.165) is 0 Å². The SMILES string of the molecule is C[Si](O[Si](C)(C)O[Si](C)(c1ccccc1)c1ccccc1)c1ccccc1.[S]=[W]. The maximum atomic E-state index is 6.97. The quantitative estimate of drug-likeness (QED) is 0.367. The third kappa shape index (κ3) is 6.82. The van der Waals surface area contributed by atoms with E-state index in [-0.39, 0.29) is 0 Å². The Balaban J connectivity index is 0.00000145. The van der Waals surface area contributed by atoms with Crippen molar-refractivity contribution in [2.24, 2.45) is 0 Å². The fraction of sp³-hybridized carbons (Fsp3) is 0.182. The topological polar surface area (TPSA) is 18.5 Å². The van der Waals surface area contributed by atoms with E-state index in [1.807, 2.05) is 6.07 Å². The van der Waals surface area contributed by atoms with Gasteiger partial charge in [-0.3, -0.25) is 0 Å². The summed E-state index contributed by atoms with van der Waals surface area (Å²) >= 11 is 1.17. The van der Waals surface area contributed by atoms with Gasteiger partial charge in [0.15, 0.2) is 0 Å². The molecule has 0 aliphatic heterocycles. The van der Waals surface area contributed by atoms with Crippen LogP contribution < -0.4 is 15.6 Å². The van der Waals surface area contributed by atoms with Crippen molar-refractivity contribution >= 4 is 51.3 Å². The molecule has 29 heavy (non-hydrogen) atoms. The van der Waals surface area contributed by atoms with Crippen LogP contribution in [0.1, 0.15) is 0 Å². The third-order valence-corrected chi connectivity index (χ3v) is 15.5. The predicted molar refractivity (Wildman–Crippen MR) is 129 cm³/mol. The summed E-state index contributed by atoms with van der Waals surface area (Å²) < 4.78 is 13.6. The molecule has 0 saturated heterocycles. The summed E-state index contributed by atoms with van der Waals surface area (Å²) in [5.41, 5.74) is 0. The van der Waals surface area contributed by atoms with Crippen molar-refractivity contribution in [2.45, 2.75) is 26.2 Å². The molecule has 3 rings (SSSR count). The Hall–Kier alpha value is -0.861. The number of benzene rings is 3. The van der Waals surface area contributed by atoms with Crippen molar-refractivity contribution < 1.29 is 26.2 Å². The zero-order chi connectivity index (χ0) is 21.3. The Morgan fingerprint density at radius 2 is 1.07 bits per heavy atom. The van der Waals surface area contributed by atoms with E-state index in [4.69, 9.17) is 8.23 Å². The minimum absolute atomic E-state index is 1.10. The van der Waals surface area contributed by atoms with Crippen LogP contribution in [0.2, 0.25) is 26.2 Å². The Morgan fingerprint density at radius 1 is 0.690 bits per heavy atom. The van der Waals surface area contributed by atoms with Gasteiger partial charge >= 0.3 is 36.4 Å². The van der Waals surface area contributed by atoms with Crippen molar-refractivity contribution in [1.29, 1.82) is 0 Å². The summed E-state index contributed by atoms with van der Waals surface area (Å²) in [7, 11) is -1.63. The molecule has 0 unspecified atom stereocenters. The van der Waals surface area contributed by atoms with E-state index in [1.54, 1.807) is 0 Å². The molecule has 0 aliphatic rings. The van der Waals surface area contributed by atoms with Gasteiger partial charge in [-0.25, -0.2) is 0 Å². The molecule has 2 nitrogen and oxygen atoms in total. The Labute approximate surface area is 193 Å². The van der Waals surface area contributed by atoms with Gasteiger partial charge in [0, 0.05) is 0 Å². The monoisotopic (exact) mass is 623 g/mol. The summed E-state index contributed by atoms with van der Waals surface area (Å²) in [5, 5.41) is 3.85. The molecular formula is C22H27O2SSi3W. The van der Waals surface area contributed by atoms with Crippen molar-refractivity contribution in [1.82, 2.24) is 0 Å². The summed E-state index contributed by atoms with van der Waals surface area (Å²) in [6.45, 7) is 8.87. The predicted octanol–water partition coefficient (Wildman–Crippen LogP) is 4.29. The van der Waals surface area contributed by atoms with E-state index in [2.05, 4.69) is 121 Å². The first-order valence-electron chi connectivity index (χ1n) is 9.47. The van der Waals surface area contributed by atoms with Crippen LogP contribution in [0, 0.1) is 0 Å². The molecule has 0 fully saturated rings. The maximum absolute atomic E-state index is 6.97. The molecule has 3 aromatic carbocycles. The van der Waals surface area contributed by atoms with E-state index in [1.165, 1.54) is 33.6 Å². The van der Waals surface area contributed by atoms with E-state index >= 15 is 0 Å². The van der Waals surface area contributed by atoms with E-state index in [9.17, 15) is 0 Å². The van der Waals surface area contributed by atoms with Crippen LogP contribution in [0.5, 0.6) is 0 Å². The third-order valence-electron chi connectivity index (χ3n) is 4.68. The van der Waals surface area contributed by atoms with Crippen LogP contribution in [0.25, 0.3) is 0 Å². The number of hydrogen-bond donors (Lipinski definition) is 0. The fourth-order valence-electron chi connectivity index (χ4n) is 3.41. The molecule has 151 valence electrons. The first-order valence-corrected chi connectivity index (χ1v) is 20.5. The second-order valence-corrected chi connectivity index (χ2v) is 16.6. The molecule has 0 spiro atoms. The number of rotatable bonds is 7. The van der Waals surface area contributed by atoms with Crippen molar-refractivity contribution in [2.75, 3.05) is 0 Å². The molecule has 0 aliphatic carbocycles. The van der Waals surface area contributed by atoms with Gasteiger partial charge in [-0.1, -0.05) is 91.0 Å². The molecule has 0 N–H and O–H groups in total. The summed E-state index contributed by atoms with van der Waals surface area (Å²) in [6.07, 6.45) is 0. The Bertz CT molecular complexity index is 828. The first kappa shape index (κ1) is 24.4. The van der Waals surface area contributed by atoms with Crippen molar-refractivity contribution in [3.05, 3.63) is 91.0 Å². The molecular weight excluding hydrogens is 596 g/mol.